The summed E-state index contributed by atoms with van der Waals surface area (Å²) in [4.78, 5) is 35.8. The molecule has 9 nitrogen and oxygen atoms in total. The fraction of sp³-hybridized carbons (Fsp3) is 0.267. The van der Waals surface area contributed by atoms with Crippen LogP contribution in [0, 0.1) is 0 Å². The van der Waals surface area contributed by atoms with Gasteiger partial charge < -0.3 is 14.6 Å². The van der Waals surface area contributed by atoms with E-state index in [2.05, 4.69) is 5.32 Å². The number of amides is 2. The second-order valence-electron chi connectivity index (χ2n) is 5.52. The number of fused-ring (bicyclic) bond motifs is 1. The molecule has 26 heavy (non-hydrogen) atoms. The number of carboxylic acids is 1. The van der Waals surface area contributed by atoms with Crippen LogP contribution in [0.4, 0.5) is 0 Å². The second-order valence-corrected chi connectivity index (χ2v) is 8.17. The number of rotatable bonds is 5. The van der Waals surface area contributed by atoms with Crippen molar-refractivity contribution in [3.05, 3.63) is 41.8 Å². The van der Waals surface area contributed by atoms with Crippen molar-refractivity contribution in [3.63, 3.8) is 0 Å². The molecule has 0 spiro atoms. The van der Waals surface area contributed by atoms with Crippen molar-refractivity contribution in [2.45, 2.75) is 23.2 Å². The maximum absolute atomic E-state index is 12.3. The largest absolute Gasteiger partial charge is 0.476 e. The average Bonchev–Trinajstić information content (AvgIpc) is 2.59. The van der Waals surface area contributed by atoms with Crippen molar-refractivity contribution in [1.82, 2.24) is 10.2 Å². The van der Waals surface area contributed by atoms with E-state index in [1.165, 1.54) is 31.2 Å². The number of hydrogen-bond acceptors (Lipinski definition) is 7. The van der Waals surface area contributed by atoms with Crippen molar-refractivity contribution >= 4 is 39.7 Å². The van der Waals surface area contributed by atoms with Crippen LogP contribution in [0.3, 0.4) is 0 Å². The third-order valence-corrected chi connectivity index (χ3v) is 6.26. The molecule has 2 heterocycles. The summed E-state index contributed by atoms with van der Waals surface area (Å²) in [7, 11) is -4.24. The monoisotopic (exact) mass is 398 g/mol. The lowest BCUT2D eigenvalue weighted by Crippen LogP contribution is -2.70. The zero-order valence-corrected chi connectivity index (χ0v) is 15.0. The molecule has 0 bridgehead atoms. The summed E-state index contributed by atoms with van der Waals surface area (Å²) in [6, 6.07) is 6.42. The van der Waals surface area contributed by atoms with E-state index in [1.54, 1.807) is 6.07 Å². The van der Waals surface area contributed by atoms with Crippen LogP contribution in [0.2, 0.25) is 0 Å². The summed E-state index contributed by atoms with van der Waals surface area (Å²) in [6.45, 7) is 1.25. The molecule has 2 aliphatic rings. The van der Waals surface area contributed by atoms with Crippen molar-refractivity contribution in [1.29, 1.82) is 0 Å². The van der Waals surface area contributed by atoms with Crippen LogP contribution in [0.1, 0.15) is 6.92 Å². The fourth-order valence-corrected chi connectivity index (χ4v) is 4.96. The highest BCUT2D eigenvalue weighted by atomic mass is 32.2. The summed E-state index contributed by atoms with van der Waals surface area (Å²) in [5, 5.41) is 11.3. The number of nitrogens with one attached hydrogen (secondary N) is 1. The van der Waals surface area contributed by atoms with E-state index in [-0.39, 0.29) is 16.4 Å². The van der Waals surface area contributed by atoms with Crippen molar-refractivity contribution in [2.75, 3.05) is 5.75 Å². The molecule has 138 valence electrons. The van der Waals surface area contributed by atoms with Crippen LogP contribution >= 0.6 is 11.8 Å². The van der Waals surface area contributed by atoms with E-state index in [1.807, 2.05) is 0 Å². The third kappa shape index (κ3) is 3.15. The molecule has 0 aliphatic carbocycles. The Morgan fingerprint density at radius 2 is 1.96 bits per heavy atom. The lowest BCUT2D eigenvalue weighted by Gasteiger charge is -2.48. The number of aliphatic carboxylic acids is 1. The van der Waals surface area contributed by atoms with Crippen molar-refractivity contribution in [2.24, 2.45) is 0 Å². The van der Waals surface area contributed by atoms with Gasteiger partial charge in [0.2, 0.25) is 5.91 Å². The molecule has 2 aliphatic heterocycles. The molecule has 1 aromatic carbocycles. The molecule has 0 radical (unpaired) electrons. The molecular weight excluding hydrogens is 384 g/mol. The number of carbonyl (C=O) groups excluding carboxylic acids is 2. The Hall–Kier alpha value is -2.53. The molecule has 2 amide bonds. The van der Waals surface area contributed by atoms with Gasteiger partial charge in [-0.2, -0.15) is 8.42 Å². The first-order valence-electron chi connectivity index (χ1n) is 7.40. The standard InChI is InChI=1S/C15H14N2O7S2/c1-8(18)16-11-13(19)17-12(15(20)21)10(7-25-14(11)17)24-26(22,23)9-5-3-2-4-6-9/h2-6,11,14H,7H2,1H3,(H,16,18)(H,20,21)/t11?,14-/m0/s1. The minimum absolute atomic E-state index is 0.0712. The fourth-order valence-electron chi connectivity index (χ4n) is 2.64. The van der Waals surface area contributed by atoms with Gasteiger partial charge in [-0.25, -0.2) is 4.79 Å². The van der Waals surface area contributed by atoms with Crippen molar-refractivity contribution in [3.8, 4) is 0 Å². The Morgan fingerprint density at radius 1 is 1.31 bits per heavy atom. The number of benzene rings is 1. The molecule has 1 unspecified atom stereocenters. The second kappa shape index (κ2) is 6.65. The Morgan fingerprint density at radius 3 is 2.54 bits per heavy atom. The quantitative estimate of drug-likeness (QED) is 0.528. The zero-order valence-electron chi connectivity index (χ0n) is 13.4. The molecule has 2 atom stereocenters. The lowest BCUT2D eigenvalue weighted by molar-refractivity contribution is -0.150. The summed E-state index contributed by atoms with van der Waals surface area (Å²) in [5.41, 5.74) is -0.528. The number of hydrogen-bond donors (Lipinski definition) is 2. The van der Waals surface area contributed by atoms with E-state index in [9.17, 15) is 27.9 Å². The van der Waals surface area contributed by atoms with Gasteiger partial charge in [0.05, 0.1) is 5.75 Å². The highest BCUT2D eigenvalue weighted by Gasteiger charge is 2.55. The van der Waals surface area contributed by atoms with Crippen molar-refractivity contribution < 1.29 is 32.1 Å². The topological polar surface area (TPSA) is 130 Å². The average molecular weight is 398 g/mol. The Bertz CT molecular complexity index is 911. The smallest absolute Gasteiger partial charge is 0.356 e. The van der Waals surface area contributed by atoms with E-state index < -0.39 is 45.0 Å². The van der Waals surface area contributed by atoms with Crippen LogP contribution in [0.5, 0.6) is 0 Å². The normalized spacial score (nSPS) is 22.3. The molecule has 1 saturated heterocycles. The van der Waals surface area contributed by atoms with Crippen LogP contribution in [0.15, 0.2) is 46.7 Å². The van der Waals surface area contributed by atoms with Gasteiger partial charge in [0.1, 0.15) is 16.3 Å². The molecular formula is C15H14N2O7S2. The van der Waals surface area contributed by atoms with Crippen LogP contribution in [-0.2, 0) is 28.7 Å². The van der Waals surface area contributed by atoms with Gasteiger partial charge in [-0.3, -0.25) is 14.5 Å². The maximum Gasteiger partial charge on any atom is 0.356 e. The van der Waals surface area contributed by atoms with E-state index in [0.29, 0.717) is 0 Å². The molecule has 0 aromatic heterocycles. The van der Waals surface area contributed by atoms with Gasteiger partial charge >= 0.3 is 16.1 Å². The van der Waals surface area contributed by atoms with Gasteiger partial charge in [0.15, 0.2) is 11.5 Å². The molecule has 11 heteroatoms. The number of β-lactam (4-membered cyclic amide) rings is 1. The lowest BCUT2D eigenvalue weighted by atomic mass is 10.0. The predicted octanol–water partition coefficient (Wildman–Crippen LogP) is 0.108. The number of nitrogens with zero attached hydrogens (tertiary/aromatic N) is 1. The zero-order chi connectivity index (χ0) is 19.1. The van der Waals surface area contributed by atoms with Crippen LogP contribution in [0.25, 0.3) is 0 Å². The molecule has 0 saturated carbocycles. The molecule has 2 N–H and O–H groups in total. The van der Waals surface area contributed by atoms with E-state index in [0.717, 1.165) is 16.7 Å². The minimum atomic E-state index is -4.24. The first-order valence-corrected chi connectivity index (χ1v) is 9.86. The molecule has 1 fully saturated rings. The predicted molar refractivity (Wildman–Crippen MR) is 90.1 cm³/mol. The van der Waals surface area contributed by atoms with Gasteiger partial charge in [0, 0.05) is 6.92 Å². The van der Waals surface area contributed by atoms with Gasteiger partial charge in [-0.1, -0.05) is 18.2 Å². The number of carbonyl (C=O) groups is 3. The van der Waals surface area contributed by atoms with Gasteiger partial charge in [0.25, 0.3) is 5.91 Å². The summed E-state index contributed by atoms with van der Waals surface area (Å²) in [5.74, 6) is -2.94. The number of carboxylic acid groups (broad SMARTS) is 1. The third-order valence-electron chi connectivity index (χ3n) is 3.74. The summed E-state index contributed by atoms with van der Waals surface area (Å²) in [6.07, 6.45) is 0. The first-order chi connectivity index (χ1) is 12.2. The van der Waals surface area contributed by atoms with Crippen LogP contribution < -0.4 is 5.32 Å². The highest BCUT2D eigenvalue weighted by Crippen LogP contribution is 2.41. The Kier molecular flexibility index (Phi) is 4.67. The molecule has 1 aromatic rings. The van der Waals surface area contributed by atoms with Gasteiger partial charge in [-0.05, 0) is 12.1 Å². The SMILES string of the molecule is CC(=O)NC1C(=O)N2C(C(=O)O)=C(OS(=O)(=O)c3ccccc3)CS[C@@H]12. The molecule has 3 rings (SSSR count). The maximum atomic E-state index is 12.3. The minimum Gasteiger partial charge on any atom is -0.476 e. The first kappa shape index (κ1) is 18.3. The Labute approximate surface area is 153 Å². The van der Waals surface area contributed by atoms with Crippen LogP contribution in [-0.4, -0.2) is 53.4 Å². The summed E-state index contributed by atoms with van der Waals surface area (Å²) < 4.78 is 29.7. The van der Waals surface area contributed by atoms with Gasteiger partial charge in [-0.15, -0.1) is 11.8 Å². The summed E-state index contributed by atoms with van der Waals surface area (Å²) >= 11 is 1.11. The highest BCUT2D eigenvalue weighted by molar-refractivity contribution is 8.00. The Balaban J connectivity index is 1.92. The van der Waals surface area contributed by atoms with E-state index in [4.69, 9.17) is 4.18 Å². The van der Waals surface area contributed by atoms with E-state index >= 15 is 0 Å². The number of thioether (sulfide) groups is 1.